The molecule has 1 aliphatic carbocycles. The number of thiocarbonyl (C=S) groups is 1. The number of nitrogens with two attached hydrogens (primary N) is 1. The van der Waals surface area contributed by atoms with Gasteiger partial charge in [-0.2, -0.15) is 0 Å². The summed E-state index contributed by atoms with van der Waals surface area (Å²) in [7, 11) is -2.17. The van der Waals surface area contributed by atoms with Gasteiger partial charge in [0.1, 0.15) is 0 Å². The number of benzene rings is 2. The van der Waals surface area contributed by atoms with Gasteiger partial charge in [0.2, 0.25) is 6.79 Å². The van der Waals surface area contributed by atoms with Crippen LogP contribution in [0, 0.1) is 12.3 Å². The van der Waals surface area contributed by atoms with Crippen molar-refractivity contribution >= 4 is 27.0 Å². The summed E-state index contributed by atoms with van der Waals surface area (Å²) < 4.78 is 43.2. The maximum absolute atomic E-state index is 13.5. The molecule has 2 aromatic carbocycles. The average molecular weight is 420 g/mol. The largest absolute Gasteiger partial charge is 0.454 e. The number of methoxy groups -OCH3 is 1. The van der Waals surface area contributed by atoms with Crippen molar-refractivity contribution in [2.24, 2.45) is 11.1 Å². The summed E-state index contributed by atoms with van der Waals surface area (Å²) in [5, 5.41) is -0.805. The van der Waals surface area contributed by atoms with Gasteiger partial charge in [-0.05, 0) is 36.8 Å². The molecule has 1 fully saturated rings. The maximum Gasteiger partial charge on any atom is 0.231 e. The molecule has 0 bridgehead atoms. The molecule has 148 valence electrons. The van der Waals surface area contributed by atoms with Gasteiger partial charge in [0.25, 0.3) is 0 Å². The summed E-state index contributed by atoms with van der Waals surface area (Å²) in [5.41, 5.74) is 6.88. The van der Waals surface area contributed by atoms with Crippen LogP contribution in [0.25, 0.3) is 0 Å². The fourth-order valence-corrected chi connectivity index (χ4v) is 6.86. The molecule has 0 amide bonds. The molecule has 2 aliphatic rings. The Balaban J connectivity index is 1.81. The molecular formula is C20H21NO5S2. The topological polar surface area (TPSA) is 87.8 Å². The maximum atomic E-state index is 13.5. The molecule has 2 N–H and O–H groups in total. The van der Waals surface area contributed by atoms with Gasteiger partial charge in [-0.3, -0.25) is 0 Å². The van der Waals surface area contributed by atoms with Crippen molar-refractivity contribution in [1.82, 2.24) is 0 Å². The van der Waals surface area contributed by atoms with Crippen molar-refractivity contribution in [3.8, 4) is 11.5 Å². The second-order valence-electron chi connectivity index (χ2n) is 7.21. The van der Waals surface area contributed by atoms with Crippen molar-refractivity contribution in [2.45, 2.75) is 23.0 Å². The first-order valence-corrected chi connectivity index (χ1v) is 10.8. The predicted octanol–water partition coefficient (Wildman–Crippen LogP) is 2.58. The van der Waals surface area contributed by atoms with Gasteiger partial charge in [0.05, 0.1) is 27.2 Å². The first kappa shape index (κ1) is 19.2. The third-order valence-corrected chi connectivity index (χ3v) is 8.21. The van der Waals surface area contributed by atoms with Crippen molar-refractivity contribution in [2.75, 3.05) is 20.5 Å². The molecule has 28 heavy (non-hydrogen) atoms. The number of fused-ring (bicyclic) bond motifs is 1. The lowest BCUT2D eigenvalue weighted by Crippen LogP contribution is -2.33. The smallest absolute Gasteiger partial charge is 0.231 e. The first-order valence-electron chi connectivity index (χ1n) is 8.81. The summed E-state index contributed by atoms with van der Waals surface area (Å²) in [4.78, 5) is 0.390. The lowest BCUT2D eigenvalue weighted by Gasteiger charge is -2.16. The van der Waals surface area contributed by atoms with Crippen molar-refractivity contribution in [3.63, 3.8) is 0 Å². The minimum atomic E-state index is -3.69. The number of rotatable bonds is 6. The van der Waals surface area contributed by atoms with Gasteiger partial charge in [-0.1, -0.05) is 36.0 Å². The standard InChI is InChI=1S/C20H21NO5S2/c1-12-3-6-14(7-4-12)28(22,23)18-17(20(18,10-24-2)19(21)27)13-5-8-15-16(9-13)26-11-25-15/h3-9,17-18H,10-11H2,1-2H3,(H2,21,27). The molecule has 2 aromatic rings. The molecule has 3 unspecified atom stereocenters. The van der Waals surface area contributed by atoms with Gasteiger partial charge in [0, 0.05) is 13.0 Å². The van der Waals surface area contributed by atoms with E-state index < -0.39 is 26.4 Å². The van der Waals surface area contributed by atoms with E-state index in [4.69, 9.17) is 32.2 Å². The van der Waals surface area contributed by atoms with E-state index in [-0.39, 0.29) is 23.3 Å². The van der Waals surface area contributed by atoms with Crippen LogP contribution in [0.15, 0.2) is 47.4 Å². The van der Waals surface area contributed by atoms with E-state index in [2.05, 4.69) is 0 Å². The summed E-state index contributed by atoms with van der Waals surface area (Å²) in [5.74, 6) is 0.797. The Labute approximate surface area is 169 Å². The van der Waals surface area contributed by atoms with Gasteiger partial charge < -0.3 is 19.9 Å². The first-order chi connectivity index (χ1) is 13.3. The van der Waals surface area contributed by atoms with E-state index in [1.807, 2.05) is 13.0 Å². The second-order valence-corrected chi connectivity index (χ2v) is 9.72. The number of hydrogen-bond donors (Lipinski definition) is 1. The lowest BCUT2D eigenvalue weighted by atomic mass is 9.99. The van der Waals surface area contributed by atoms with E-state index in [0.717, 1.165) is 11.1 Å². The molecule has 1 saturated carbocycles. The fourth-order valence-electron chi connectivity index (χ4n) is 4.09. The quantitative estimate of drug-likeness (QED) is 0.720. The van der Waals surface area contributed by atoms with Crippen LogP contribution < -0.4 is 15.2 Å². The summed E-state index contributed by atoms with van der Waals surface area (Å²) in [6.07, 6.45) is 0. The Morgan fingerprint density at radius 2 is 1.89 bits per heavy atom. The molecule has 0 radical (unpaired) electrons. The normalized spacial score (nSPS) is 25.5. The number of sulfone groups is 1. The molecule has 0 spiro atoms. The van der Waals surface area contributed by atoms with Gasteiger partial charge >= 0.3 is 0 Å². The number of ether oxygens (including phenoxy) is 3. The molecule has 0 saturated heterocycles. The van der Waals surface area contributed by atoms with E-state index in [1.165, 1.54) is 7.11 Å². The highest BCUT2D eigenvalue weighted by Crippen LogP contribution is 2.65. The van der Waals surface area contributed by atoms with E-state index in [0.29, 0.717) is 11.5 Å². The van der Waals surface area contributed by atoms with Crippen LogP contribution in [-0.4, -0.2) is 39.2 Å². The second kappa shape index (κ2) is 6.72. The van der Waals surface area contributed by atoms with Crippen molar-refractivity contribution in [3.05, 3.63) is 53.6 Å². The Bertz CT molecular complexity index is 1040. The highest BCUT2D eigenvalue weighted by molar-refractivity contribution is 7.92. The summed E-state index contributed by atoms with van der Waals surface area (Å²) >= 11 is 5.33. The monoisotopic (exact) mass is 419 g/mol. The van der Waals surface area contributed by atoms with Crippen molar-refractivity contribution in [1.29, 1.82) is 0 Å². The molecular weight excluding hydrogens is 398 g/mol. The molecule has 8 heteroatoms. The molecule has 1 heterocycles. The fraction of sp³-hybridized carbons (Fsp3) is 0.350. The third-order valence-electron chi connectivity index (χ3n) is 5.54. The van der Waals surface area contributed by atoms with Crippen LogP contribution in [0.1, 0.15) is 17.0 Å². The molecule has 3 atom stereocenters. The summed E-state index contributed by atoms with van der Waals surface area (Å²) in [6.45, 7) is 2.18. The zero-order valence-corrected chi connectivity index (χ0v) is 17.2. The van der Waals surface area contributed by atoms with Crippen LogP contribution in [0.3, 0.4) is 0 Å². The van der Waals surface area contributed by atoms with Crippen LogP contribution in [0.2, 0.25) is 0 Å². The lowest BCUT2D eigenvalue weighted by molar-refractivity contribution is 0.166. The van der Waals surface area contributed by atoms with Crippen LogP contribution in [0.4, 0.5) is 0 Å². The SMILES string of the molecule is COCC1(C(N)=S)C(c2ccc3c(c2)OCO3)C1S(=O)(=O)c1ccc(C)cc1. The zero-order valence-electron chi connectivity index (χ0n) is 15.5. The minimum absolute atomic E-state index is 0.122. The Morgan fingerprint density at radius 3 is 2.54 bits per heavy atom. The van der Waals surface area contributed by atoms with Gasteiger partial charge in [-0.25, -0.2) is 8.42 Å². The van der Waals surface area contributed by atoms with Crippen LogP contribution in [0.5, 0.6) is 11.5 Å². The van der Waals surface area contributed by atoms with Crippen LogP contribution >= 0.6 is 12.2 Å². The van der Waals surface area contributed by atoms with E-state index in [1.54, 1.807) is 36.4 Å². The zero-order chi connectivity index (χ0) is 20.1. The van der Waals surface area contributed by atoms with Crippen LogP contribution in [-0.2, 0) is 14.6 Å². The van der Waals surface area contributed by atoms with Gasteiger partial charge in [-0.15, -0.1) is 0 Å². The summed E-state index contributed by atoms with van der Waals surface area (Å²) in [6, 6.07) is 12.2. The average Bonchev–Trinajstić information content (AvgIpc) is 3.13. The minimum Gasteiger partial charge on any atom is -0.454 e. The van der Waals surface area contributed by atoms with E-state index >= 15 is 0 Å². The molecule has 1 aliphatic heterocycles. The Kier molecular flexibility index (Phi) is 4.60. The third kappa shape index (κ3) is 2.78. The molecule has 6 nitrogen and oxygen atoms in total. The molecule has 0 aromatic heterocycles. The van der Waals surface area contributed by atoms with E-state index in [9.17, 15) is 8.42 Å². The van der Waals surface area contributed by atoms with Crippen molar-refractivity contribution < 1.29 is 22.6 Å². The highest BCUT2D eigenvalue weighted by atomic mass is 32.2. The Morgan fingerprint density at radius 1 is 1.21 bits per heavy atom. The number of hydrogen-bond acceptors (Lipinski definition) is 6. The predicted molar refractivity (Wildman–Crippen MR) is 109 cm³/mol. The highest BCUT2D eigenvalue weighted by Gasteiger charge is 2.73. The number of aryl methyl sites for hydroxylation is 1. The van der Waals surface area contributed by atoms with Gasteiger partial charge in [0.15, 0.2) is 21.3 Å². The Hall–Kier alpha value is -2.16. The molecule has 4 rings (SSSR count).